The third-order valence-corrected chi connectivity index (χ3v) is 6.41. The lowest BCUT2D eigenvalue weighted by Gasteiger charge is -2.39. The van der Waals surface area contributed by atoms with Crippen LogP contribution in [0, 0.1) is 5.92 Å². The fourth-order valence-electron chi connectivity index (χ4n) is 4.72. The number of hydrogen-bond acceptors (Lipinski definition) is 6. The third-order valence-electron chi connectivity index (χ3n) is 6.41. The number of rotatable bonds is 9. The Labute approximate surface area is 186 Å². The van der Waals surface area contributed by atoms with Crippen LogP contribution in [0.25, 0.3) is 0 Å². The highest BCUT2D eigenvalue weighted by Gasteiger charge is 2.24. The van der Waals surface area contributed by atoms with Crippen LogP contribution >= 0.6 is 0 Å². The average Bonchev–Trinajstić information content (AvgIpc) is 2.83. The highest BCUT2D eigenvalue weighted by molar-refractivity contribution is 5.38. The van der Waals surface area contributed by atoms with Crippen LogP contribution in [0.3, 0.4) is 0 Å². The number of pyridine rings is 1. The molecule has 0 bridgehead atoms. The van der Waals surface area contributed by atoms with Crippen molar-refractivity contribution in [3.8, 4) is 11.5 Å². The van der Waals surface area contributed by atoms with Crippen molar-refractivity contribution >= 4 is 5.82 Å². The molecule has 31 heavy (non-hydrogen) atoms. The molecule has 168 valence electrons. The number of anilines is 1. The van der Waals surface area contributed by atoms with Gasteiger partial charge in [-0.05, 0) is 68.1 Å². The minimum atomic E-state index is 0.767. The van der Waals surface area contributed by atoms with Gasteiger partial charge < -0.3 is 19.3 Å². The fraction of sp³-hybridized carbons (Fsp3) is 0.560. The first-order valence-electron chi connectivity index (χ1n) is 11.7. The lowest BCUT2D eigenvalue weighted by Crippen LogP contribution is -2.50. The largest absolute Gasteiger partial charge is 0.497 e. The van der Waals surface area contributed by atoms with E-state index in [1.807, 2.05) is 36.5 Å². The SMILES string of the molecule is COc1ccc(OCCCN2CCCC(CN3CCN(c4ccccn4)CC3)C2)cc1. The van der Waals surface area contributed by atoms with Gasteiger partial charge in [0.15, 0.2) is 0 Å². The van der Waals surface area contributed by atoms with Crippen molar-refractivity contribution in [2.45, 2.75) is 19.3 Å². The standard InChI is InChI=1S/C25H36N4O2/c1-30-23-8-10-24(11-9-23)31-19-5-14-27-13-4-6-22(20-27)21-28-15-17-29(18-16-28)25-7-2-3-12-26-25/h2-3,7-12,22H,4-6,13-21H2,1H3. The van der Waals surface area contributed by atoms with Gasteiger partial charge in [-0.15, -0.1) is 0 Å². The van der Waals surface area contributed by atoms with E-state index >= 15 is 0 Å². The van der Waals surface area contributed by atoms with E-state index in [1.54, 1.807) is 7.11 Å². The second-order valence-electron chi connectivity index (χ2n) is 8.66. The van der Waals surface area contributed by atoms with Crippen LogP contribution in [0.1, 0.15) is 19.3 Å². The molecule has 1 atom stereocenters. The molecule has 2 aliphatic rings. The highest BCUT2D eigenvalue weighted by Crippen LogP contribution is 2.20. The molecule has 1 aromatic heterocycles. The third kappa shape index (κ3) is 6.58. The van der Waals surface area contributed by atoms with Crippen LogP contribution in [0.5, 0.6) is 11.5 Å². The molecule has 3 heterocycles. The number of methoxy groups -OCH3 is 1. The summed E-state index contributed by atoms with van der Waals surface area (Å²) < 4.78 is 11.1. The van der Waals surface area contributed by atoms with Crippen molar-refractivity contribution < 1.29 is 9.47 Å². The van der Waals surface area contributed by atoms with Crippen molar-refractivity contribution in [2.75, 3.05) is 71.0 Å². The predicted octanol–water partition coefficient (Wildman–Crippen LogP) is 3.39. The number of likely N-dealkylation sites (tertiary alicyclic amines) is 1. The van der Waals surface area contributed by atoms with Crippen molar-refractivity contribution in [3.05, 3.63) is 48.7 Å². The van der Waals surface area contributed by atoms with Gasteiger partial charge in [0.05, 0.1) is 13.7 Å². The van der Waals surface area contributed by atoms with Gasteiger partial charge in [-0.2, -0.15) is 0 Å². The molecule has 0 spiro atoms. The molecule has 4 rings (SSSR count). The molecule has 0 radical (unpaired) electrons. The van der Waals surface area contributed by atoms with E-state index in [2.05, 4.69) is 31.8 Å². The van der Waals surface area contributed by atoms with E-state index in [1.165, 1.54) is 32.5 Å². The summed E-state index contributed by atoms with van der Waals surface area (Å²) in [5.74, 6) is 3.69. The number of hydrogen-bond donors (Lipinski definition) is 0. The van der Waals surface area contributed by atoms with E-state index in [9.17, 15) is 0 Å². The number of nitrogens with zero attached hydrogens (tertiary/aromatic N) is 4. The fourth-order valence-corrected chi connectivity index (χ4v) is 4.72. The molecular weight excluding hydrogens is 388 g/mol. The van der Waals surface area contributed by atoms with Crippen LogP contribution in [-0.4, -0.2) is 80.9 Å². The normalized spacial score (nSPS) is 20.5. The van der Waals surface area contributed by atoms with Gasteiger partial charge in [-0.1, -0.05) is 6.07 Å². The zero-order valence-corrected chi connectivity index (χ0v) is 18.8. The first-order chi connectivity index (χ1) is 15.3. The molecular formula is C25H36N4O2. The summed E-state index contributed by atoms with van der Waals surface area (Å²) in [7, 11) is 1.68. The maximum Gasteiger partial charge on any atom is 0.128 e. The Morgan fingerprint density at radius 2 is 1.74 bits per heavy atom. The number of benzene rings is 1. The van der Waals surface area contributed by atoms with Gasteiger partial charge in [0.25, 0.3) is 0 Å². The summed E-state index contributed by atoms with van der Waals surface area (Å²) in [6, 6.07) is 14.0. The Bertz CT molecular complexity index is 763. The highest BCUT2D eigenvalue weighted by atomic mass is 16.5. The second kappa shape index (κ2) is 11.3. The Hall–Kier alpha value is -2.31. The molecule has 2 aliphatic heterocycles. The summed E-state index contributed by atoms with van der Waals surface area (Å²) in [6.45, 7) is 10.0. The van der Waals surface area contributed by atoms with E-state index in [0.717, 1.165) is 69.0 Å². The predicted molar refractivity (Wildman–Crippen MR) is 125 cm³/mol. The van der Waals surface area contributed by atoms with Crippen molar-refractivity contribution in [1.82, 2.24) is 14.8 Å². The summed E-state index contributed by atoms with van der Waals surface area (Å²) in [5.41, 5.74) is 0. The summed E-state index contributed by atoms with van der Waals surface area (Å²) in [5, 5.41) is 0. The Balaban J connectivity index is 1.13. The van der Waals surface area contributed by atoms with Crippen LogP contribution < -0.4 is 14.4 Å². The summed E-state index contributed by atoms with van der Waals surface area (Å²) in [6.07, 6.45) is 5.64. The first kappa shape index (κ1) is 21.9. The second-order valence-corrected chi connectivity index (χ2v) is 8.66. The summed E-state index contributed by atoms with van der Waals surface area (Å²) in [4.78, 5) is 12.2. The molecule has 6 nitrogen and oxygen atoms in total. The minimum absolute atomic E-state index is 0.767. The van der Waals surface area contributed by atoms with Gasteiger partial charge in [0.1, 0.15) is 17.3 Å². The van der Waals surface area contributed by atoms with E-state index in [-0.39, 0.29) is 0 Å². The monoisotopic (exact) mass is 424 g/mol. The maximum absolute atomic E-state index is 5.89. The lowest BCUT2D eigenvalue weighted by molar-refractivity contribution is 0.124. The number of aromatic nitrogens is 1. The molecule has 1 unspecified atom stereocenters. The number of ether oxygens (including phenoxy) is 2. The molecule has 0 amide bonds. The van der Waals surface area contributed by atoms with Crippen LogP contribution in [0.4, 0.5) is 5.82 Å². The zero-order chi connectivity index (χ0) is 21.3. The molecule has 1 aromatic carbocycles. The Morgan fingerprint density at radius 1 is 0.935 bits per heavy atom. The summed E-state index contributed by atoms with van der Waals surface area (Å²) >= 11 is 0. The molecule has 6 heteroatoms. The van der Waals surface area contributed by atoms with E-state index < -0.39 is 0 Å². The zero-order valence-electron chi connectivity index (χ0n) is 18.8. The Kier molecular flexibility index (Phi) is 8.02. The molecule has 0 saturated carbocycles. The smallest absolute Gasteiger partial charge is 0.128 e. The van der Waals surface area contributed by atoms with Crippen molar-refractivity contribution in [1.29, 1.82) is 0 Å². The van der Waals surface area contributed by atoms with Crippen LogP contribution in [-0.2, 0) is 0 Å². The molecule has 2 fully saturated rings. The molecule has 2 saturated heterocycles. The topological polar surface area (TPSA) is 41.1 Å². The number of piperidine rings is 1. The van der Waals surface area contributed by atoms with E-state index in [0.29, 0.717) is 0 Å². The van der Waals surface area contributed by atoms with Crippen LogP contribution in [0.2, 0.25) is 0 Å². The number of piperazine rings is 1. The quantitative estimate of drug-likeness (QED) is 0.575. The Morgan fingerprint density at radius 3 is 2.48 bits per heavy atom. The van der Waals surface area contributed by atoms with Gasteiger partial charge in [0.2, 0.25) is 0 Å². The minimum Gasteiger partial charge on any atom is -0.497 e. The molecule has 0 N–H and O–H groups in total. The average molecular weight is 425 g/mol. The first-order valence-corrected chi connectivity index (χ1v) is 11.7. The van der Waals surface area contributed by atoms with Crippen molar-refractivity contribution in [3.63, 3.8) is 0 Å². The van der Waals surface area contributed by atoms with Gasteiger partial charge >= 0.3 is 0 Å². The van der Waals surface area contributed by atoms with E-state index in [4.69, 9.17) is 9.47 Å². The van der Waals surface area contributed by atoms with Crippen LogP contribution in [0.15, 0.2) is 48.7 Å². The van der Waals surface area contributed by atoms with Gasteiger partial charge in [-0.3, -0.25) is 4.90 Å². The molecule has 0 aliphatic carbocycles. The maximum atomic E-state index is 5.89. The lowest BCUT2D eigenvalue weighted by atomic mass is 9.97. The van der Waals surface area contributed by atoms with Gasteiger partial charge in [-0.25, -0.2) is 4.98 Å². The van der Waals surface area contributed by atoms with Crippen molar-refractivity contribution in [2.24, 2.45) is 5.92 Å². The van der Waals surface area contributed by atoms with Gasteiger partial charge in [0, 0.05) is 52.0 Å². The molecule has 2 aromatic rings.